The lowest BCUT2D eigenvalue weighted by Crippen LogP contribution is -2.55. The second kappa shape index (κ2) is 13.6. The van der Waals surface area contributed by atoms with E-state index in [0.717, 1.165) is 11.1 Å². The minimum Gasteiger partial charge on any atom is -0.459 e. The Morgan fingerprint density at radius 1 is 0.889 bits per heavy atom. The maximum atomic E-state index is 13.1. The Balaban J connectivity index is 2.12. The highest BCUT2D eigenvalue weighted by Crippen LogP contribution is 2.13. The van der Waals surface area contributed by atoms with Gasteiger partial charge in [0.25, 0.3) is 5.91 Å². The lowest BCUT2D eigenvalue weighted by molar-refractivity contribution is -0.150. The summed E-state index contributed by atoms with van der Waals surface area (Å²) >= 11 is 0. The Morgan fingerprint density at radius 2 is 1.44 bits per heavy atom. The summed E-state index contributed by atoms with van der Waals surface area (Å²) in [6.07, 6.45) is -1.87. The fourth-order valence-electron chi connectivity index (χ4n) is 3.52. The van der Waals surface area contributed by atoms with E-state index in [9.17, 15) is 19.5 Å². The lowest BCUT2D eigenvalue weighted by atomic mass is 9.99. The zero-order valence-corrected chi connectivity index (χ0v) is 21.7. The summed E-state index contributed by atoms with van der Waals surface area (Å²) < 4.78 is 10.7. The van der Waals surface area contributed by atoms with Crippen LogP contribution in [0.5, 0.6) is 0 Å². The zero-order chi connectivity index (χ0) is 26.7. The smallest absolute Gasteiger partial charge is 0.407 e. The van der Waals surface area contributed by atoms with Crippen LogP contribution in [0.4, 0.5) is 4.79 Å². The molecule has 2 aromatic rings. The quantitative estimate of drug-likeness (QED) is 0.407. The first-order valence-electron chi connectivity index (χ1n) is 12.2. The van der Waals surface area contributed by atoms with Gasteiger partial charge in [0.05, 0.1) is 6.04 Å². The van der Waals surface area contributed by atoms with Gasteiger partial charge >= 0.3 is 12.1 Å². The molecule has 0 bridgehead atoms. The van der Waals surface area contributed by atoms with E-state index in [2.05, 4.69) is 10.6 Å². The Morgan fingerprint density at radius 3 is 1.97 bits per heavy atom. The van der Waals surface area contributed by atoms with Gasteiger partial charge in [0.15, 0.2) is 6.10 Å². The van der Waals surface area contributed by atoms with Gasteiger partial charge in [0.1, 0.15) is 18.2 Å². The van der Waals surface area contributed by atoms with Crippen molar-refractivity contribution in [2.24, 2.45) is 5.92 Å². The van der Waals surface area contributed by atoms with Crippen molar-refractivity contribution in [2.75, 3.05) is 0 Å². The predicted molar refractivity (Wildman–Crippen MR) is 137 cm³/mol. The SMILES string of the molecule is CC(C)C[C@H](NC(=O)[C@@H](O)[C@@H](Cc1ccccc1)NC(=O)OC(C)(C)C)C(=O)OCc1ccccc1. The summed E-state index contributed by atoms with van der Waals surface area (Å²) in [5, 5.41) is 16.1. The number of rotatable bonds is 11. The average molecular weight is 499 g/mol. The summed E-state index contributed by atoms with van der Waals surface area (Å²) in [4.78, 5) is 38.3. The van der Waals surface area contributed by atoms with Crippen LogP contribution in [0.15, 0.2) is 60.7 Å². The standard InChI is InChI=1S/C28H38N2O6/c1-19(2)16-23(26(33)35-18-21-14-10-7-11-15-21)29-25(32)24(31)22(17-20-12-8-6-9-13-20)30-27(34)36-28(3,4)5/h6-15,19,22-24,31H,16-18H2,1-5H3,(H,29,32)(H,30,34)/t22-,23+,24+/m1/s1. The molecule has 2 amide bonds. The van der Waals surface area contributed by atoms with E-state index in [1.807, 2.05) is 74.5 Å². The number of carbonyl (C=O) groups excluding carboxylic acids is 3. The number of hydrogen-bond donors (Lipinski definition) is 3. The Hall–Kier alpha value is -3.39. The van der Waals surface area contributed by atoms with E-state index in [0.29, 0.717) is 6.42 Å². The molecule has 0 saturated carbocycles. The van der Waals surface area contributed by atoms with Crippen LogP contribution in [-0.4, -0.2) is 46.9 Å². The summed E-state index contributed by atoms with van der Waals surface area (Å²) in [5.74, 6) is -1.29. The molecule has 0 unspecified atom stereocenters. The Labute approximate surface area is 213 Å². The van der Waals surface area contributed by atoms with Crippen LogP contribution >= 0.6 is 0 Å². The molecule has 3 atom stereocenters. The largest absolute Gasteiger partial charge is 0.459 e. The van der Waals surface area contributed by atoms with E-state index in [1.165, 1.54) is 0 Å². The van der Waals surface area contributed by atoms with Crippen LogP contribution in [0.25, 0.3) is 0 Å². The number of aliphatic hydroxyl groups excluding tert-OH is 1. The van der Waals surface area contributed by atoms with E-state index in [-0.39, 0.29) is 18.9 Å². The van der Waals surface area contributed by atoms with E-state index >= 15 is 0 Å². The highest BCUT2D eigenvalue weighted by Gasteiger charge is 2.33. The Bertz CT molecular complexity index is 973. The van der Waals surface area contributed by atoms with Gasteiger partial charge in [0.2, 0.25) is 0 Å². The van der Waals surface area contributed by atoms with Crippen molar-refractivity contribution in [1.29, 1.82) is 0 Å². The first-order valence-corrected chi connectivity index (χ1v) is 12.2. The molecule has 0 heterocycles. The van der Waals surface area contributed by atoms with Crippen molar-refractivity contribution < 1.29 is 29.0 Å². The molecular weight excluding hydrogens is 460 g/mol. The predicted octanol–water partition coefficient (Wildman–Crippen LogP) is 3.76. The second-order valence-electron chi connectivity index (χ2n) is 10.2. The van der Waals surface area contributed by atoms with Crippen molar-refractivity contribution in [3.63, 3.8) is 0 Å². The van der Waals surface area contributed by atoms with Gasteiger partial charge in [-0.25, -0.2) is 9.59 Å². The third-order valence-corrected chi connectivity index (χ3v) is 5.18. The number of aliphatic hydroxyl groups is 1. The van der Waals surface area contributed by atoms with Gasteiger partial charge in [-0.05, 0) is 50.7 Å². The van der Waals surface area contributed by atoms with Gasteiger partial charge in [-0.1, -0.05) is 74.5 Å². The molecule has 0 aliphatic rings. The topological polar surface area (TPSA) is 114 Å². The van der Waals surface area contributed by atoms with Gasteiger partial charge in [-0.15, -0.1) is 0 Å². The summed E-state index contributed by atoms with van der Waals surface area (Å²) in [6.45, 7) is 9.08. The van der Waals surface area contributed by atoms with Gasteiger partial charge in [0, 0.05) is 0 Å². The molecule has 2 aromatic carbocycles. The maximum Gasteiger partial charge on any atom is 0.407 e. The van der Waals surface area contributed by atoms with Crippen molar-refractivity contribution in [3.05, 3.63) is 71.8 Å². The average Bonchev–Trinajstić information content (AvgIpc) is 2.81. The fourth-order valence-corrected chi connectivity index (χ4v) is 3.52. The first kappa shape index (κ1) is 28.8. The van der Waals surface area contributed by atoms with Crippen molar-refractivity contribution >= 4 is 18.0 Å². The highest BCUT2D eigenvalue weighted by atomic mass is 16.6. The van der Waals surface area contributed by atoms with Crippen LogP contribution < -0.4 is 10.6 Å². The number of ether oxygens (including phenoxy) is 2. The van der Waals surface area contributed by atoms with E-state index in [4.69, 9.17) is 9.47 Å². The van der Waals surface area contributed by atoms with E-state index in [1.54, 1.807) is 20.8 Å². The molecule has 196 valence electrons. The second-order valence-corrected chi connectivity index (χ2v) is 10.2. The third kappa shape index (κ3) is 10.5. The molecule has 2 rings (SSSR count). The molecule has 8 nitrogen and oxygen atoms in total. The van der Waals surface area contributed by atoms with Crippen LogP contribution in [0, 0.1) is 5.92 Å². The molecule has 0 spiro atoms. The minimum atomic E-state index is -1.63. The molecule has 8 heteroatoms. The first-order chi connectivity index (χ1) is 16.9. The van der Waals surface area contributed by atoms with Crippen molar-refractivity contribution in [3.8, 4) is 0 Å². The fraction of sp³-hybridized carbons (Fsp3) is 0.464. The number of hydrogen-bond acceptors (Lipinski definition) is 6. The minimum absolute atomic E-state index is 0.0729. The molecule has 0 saturated heterocycles. The number of alkyl carbamates (subject to hydrolysis) is 1. The zero-order valence-electron chi connectivity index (χ0n) is 21.7. The lowest BCUT2D eigenvalue weighted by Gasteiger charge is -2.27. The van der Waals surface area contributed by atoms with Crippen molar-refractivity contribution in [2.45, 2.75) is 77.9 Å². The van der Waals surface area contributed by atoms with Crippen LogP contribution in [0.1, 0.15) is 52.2 Å². The molecule has 0 radical (unpaired) electrons. The Kier molecular flexibility index (Phi) is 10.9. The number of carbonyl (C=O) groups is 3. The molecule has 36 heavy (non-hydrogen) atoms. The van der Waals surface area contributed by atoms with Crippen molar-refractivity contribution in [1.82, 2.24) is 10.6 Å². The normalized spacial score (nSPS) is 13.9. The molecule has 3 N–H and O–H groups in total. The van der Waals surface area contributed by atoms with Crippen LogP contribution in [-0.2, 0) is 32.1 Å². The summed E-state index contributed by atoms with van der Waals surface area (Å²) in [5.41, 5.74) is 0.885. The van der Waals surface area contributed by atoms with Crippen LogP contribution in [0.2, 0.25) is 0 Å². The summed E-state index contributed by atoms with van der Waals surface area (Å²) in [6, 6.07) is 16.5. The van der Waals surface area contributed by atoms with E-state index < -0.39 is 41.8 Å². The van der Waals surface area contributed by atoms with Gasteiger partial charge in [-0.2, -0.15) is 0 Å². The highest BCUT2D eigenvalue weighted by molar-refractivity contribution is 5.87. The molecule has 0 aliphatic heterocycles. The number of benzene rings is 2. The molecule has 0 aromatic heterocycles. The summed E-state index contributed by atoms with van der Waals surface area (Å²) in [7, 11) is 0. The number of nitrogens with one attached hydrogen (secondary N) is 2. The van der Waals surface area contributed by atoms with Gasteiger partial charge < -0.3 is 25.2 Å². The molecule has 0 fully saturated rings. The molecular formula is C28H38N2O6. The third-order valence-electron chi connectivity index (χ3n) is 5.18. The monoisotopic (exact) mass is 498 g/mol. The maximum absolute atomic E-state index is 13.1. The van der Waals surface area contributed by atoms with Gasteiger partial charge in [-0.3, -0.25) is 4.79 Å². The molecule has 0 aliphatic carbocycles. The number of esters is 1. The van der Waals surface area contributed by atoms with Crippen LogP contribution in [0.3, 0.4) is 0 Å². The number of amides is 2.